The summed E-state index contributed by atoms with van der Waals surface area (Å²) in [6.07, 6.45) is 3.97. The lowest BCUT2D eigenvalue weighted by Crippen LogP contribution is -2.53. The molecule has 2 aliphatic heterocycles. The van der Waals surface area contributed by atoms with E-state index < -0.39 is 0 Å². The van der Waals surface area contributed by atoms with E-state index in [1.165, 1.54) is 0 Å². The van der Waals surface area contributed by atoms with Crippen molar-refractivity contribution in [3.8, 4) is 0 Å². The summed E-state index contributed by atoms with van der Waals surface area (Å²) >= 11 is 0. The maximum absolute atomic E-state index is 6.14. The van der Waals surface area contributed by atoms with E-state index in [0.29, 0.717) is 19.1 Å². The molecular formula is C16H31NO4. The third-order valence-electron chi connectivity index (χ3n) is 4.73. The highest BCUT2D eigenvalue weighted by atomic mass is 16.7. The van der Waals surface area contributed by atoms with Crippen molar-refractivity contribution in [3.63, 3.8) is 0 Å². The monoisotopic (exact) mass is 301 g/mol. The largest absolute Gasteiger partial charge is 0.381 e. The van der Waals surface area contributed by atoms with Crippen LogP contribution in [0.5, 0.6) is 0 Å². The van der Waals surface area contributed by atoms with Crippen LogP contribution in [-0.2, 0) is 18.9 Å². The predicted molar refractivity (Wildman–Crippen MR) is 81.3 cm³/mol. The van der Waals surface area contributed by atoms with E-state index in [1.54, 1.807) is 0 Å². The van der Waals surface area contributed by atoms with Crippen LogP contribution in [-0.4, -0.2) is 58.0 Å². The number of likely N-dealkylation sites (N-methyl/N-ethyl adjacent to an activating group) is 1. The second kappa shape index (κ2) is 8.44. The third-order valence-corrected chi connectivity index (χ3v) is 4.73. The quantitative estimate of drug-likeness (QED) is 0.728. The standard InChI is InChI=1S/C16H31NO4/c1-4-19-15(20-5-2)14(17-3)13-6-9-21-16(12-13)7-10-18-11-8-16/h13-15,17H,4-12H2,1-3H3. The summed E-state index contributed by atoms with van der Waals surface area (Å²) in [7, 11) is 2.00. The van der Waals surface area contributed by atoms with Gasteiger partial charge in [-0.1, -0.05) is 0 Å². The summed E-state index contributed by atoms with van der Waals surface area (Å²) in [6, 6.07) is 0.216. The van der Waals surface area contributed by atoms with Gasteiger partial charge in [-0.3, -0.25) is 0 Å². The van der Waals surface area contributed by atoms with E-state index in [-0.39, 0.29) is 17.9 Å². The molecule has 2 atom stereocenters. The summed E-state index contributed by atoms with van der Waals surface area (Å²) in [5.41, 5.74) is 0.0131. The van der Waals surface area contributed by atoms with Crippen molar-refractivity contribution in [3.05, 3.63) is 0 Å². The van der Waals surface area contributed by atoms with Crippen LogP contribution in [0.15, 0.2) is 0 Å². The van der Waals surface area contributed by atoms with Gasteiger partial charge < -0.3 is 24.3 Å². The zero-order valence-electron chi connectivity index (χ0n) is 13.7. The molecule has 0 bridgehead atoms. The van der Waals surface area contributed by atoms with Crippen LogP contribution in [0.3, 0.4) is 0 Å². The molecule has 2 rings (SSSR count). The van der Waals surface area contributed by atoms with Crippen molar-refractivity contribution in [2.45, 2.75) is 57.5 Å². The highest BCUT2D eigenvalue weighted by molar-refractivity contribution is 4.93. The van der Waals surface area contributed by atoms with E-state index in [0.717, 1.165) is 45.5 Å². The van der Waals surface area contributed by atoms with Gasteiger partial charge in [-0.05, 0) is 52.5 Å². The van der Waals surface area contributed by atoms with Gasteiger partial charge in [-0.2, -0.15) is 0 Å². The molecule has 1 N–H and O–H groups in total. The first-order valence-electron chi connectivity index (χ1n) is 8.37. The maximum Gasteiger partial charge on any atom is 0.172 e. The molecule has 2 unspecified atom stereocenters. The number of nitrogens with one attached hydrogen (secondary N) is 1. The van der Waals surface area contributed by atoms with Crippen molar-refractivity contribution >= 4 is 0 Å². The number of rotatable bonds is 7. The van der Waals surface area contributed by atoms with Crippen molar-refractivity contribution in [1.82, 2.24) is 5.32 Å². The Bertz CT molecular complexity index is 282. The van der Waals surface area contributed by atoms with Crippen LogP contribution in [0.25, 0.3) is 0 Å². The van der Waals surface area contributed by atoms with Gasteiger partial charge >= 0.3 is 0 Å². The number of ether oxygens (including phenoxy) is 4. The van der Waals surface area contributed by atoms with E-state index in [1.807, 2.05) is 20.9 Å². The topological polar surface area (TPSA) is 49.0 Å². The van der Waals surface area contributed by atoms with Gasteiger partial charge in [-0.15, -0.1) is 0 Å². The van der Waals surface area contributed by atoms with Crippen LogP contribution < -0.4 is 5.32 Å². The molecular weight excluding hydrogens is 270 g/mol. The van der Waals surface area contributed by atoms with Gasteiger partial charge in [0.1, 0.15) is 0 Å². The van der Waals surface area contributed by atoms with Crippen LogP contribution in [0, 0.1) is 5.92 Å². The van der Waals surface area contributed by atoms with Gasteiger partial charge in [-0.25, -0.2) is 0 Å². The molecule has 5 heteroatoms. The van der Waals surface area contributed by atoms with Crippen molar-refractivity contribution in [2.75, 3.05) is 40.1 Å². The van der Waals surface area contributed by atoms with Crippen LogP contribution in [0.2, 0.25) is 0 Å². The van der Waals surface area contributed by atoms with Crippen LogP contribution in [0.4, 0.5) is 0 Å². The fourth-order valence-corrected chi connectivity index (χ4v) is 3.64. The second-order valence-electron chi connectivity index (χ2n) is 5.99. The van der Waals surface area contributed by atoms with Gasteiger partial charge in [0.25, 0.3) is 0 Å². The Morgan fingerprint density at radius 2 is 1.81 bits per heavy atom. The summed E-state index contributed by atoms with van der Waals surface area (Å²) in [5.74, 6) is 0.518. The third kappa shape index (κ3) is 4.39. The lowest BCUT2D eigenvalue weighted by Gasteiger charge is -2.46. The SMILES string of the molecule is CCOC(OCC)C(NC)C1CCOC2(CCOCC2)C1. The lowest BCUT2D eigenvalue weighted by atomic mass is 9.77. The summed E-state index contributed by atoms with van der Waals surface area (Å²) in [5, 5.41) is 3.43. The molecule has 0 aromatic carbocycles. The number of hydrogen-bond donors (Lipinski definition) is 1. The highest BCUT2D eigenvalue weighted by Crippen LogP contribution is 2.39. The smallest absolute Gasteiger partial charge is 0.172 e. The number of hydrogen-bond acceptors (Lipinski definition) is 5. The molecule has 0 aliphatic carbocycles. The second-order valence-corrected chi connectivity index (χ2v) is 5.99. The molecule has 0 saturated carbocycles. The minimum Gasteiger partial charge on any atom is -0.381 e. The Labute approximate surface area is 128 Å². The molecule has 1 spiro atoms. The lowest BCUT2D eigenvalue weighted by molar-refractivity contribution is -0.188. The minimum atomic E-state index is -0.176. The summed E-state index contributed by atoms with van der Waals surface area (Å²) in [6.45, 7) is 7.84. The Kier molecular flexibility index (Phi) is 6.89. The first-order valence-corrected chi connectivity index (χ1v) is 8.37. The Morgan fingerprint density at radius 3 is 2.38 bits per heavy atom. The first-order chi connectivity index (χ1) is 10.2. The fraction of sp³-hybridized carbons (Fsp3) is 1.00. The summed E-state index contributed by atoms with van der Waals surface area (Å²) in [4.78, 5) is 0. The zero-order chi connectivity index (χ0) is 15.1. The van der Waals surface area contributed by atoms with Crippen molar-refractivity contribution in [2.24, 2.45) is 5.92 Å². The maximum atomic E-state index is 6.14. The minimum absolute atomic E-state index is 0.0131. The molecule has 0 radical (unpaired) electrons. The molecule has 2 saturated heterocycles. The van der Waals surface area contributed by atoms with E-state index in [9.17, 15) is 0 Å². The fourth-order valence-electron chi connectivity index (χ4n) is 3.64. The zero-order valence-corrected chi connectivity index (χ0v) is 13.7. The Morgan fingerprint density at radius 1 is 1.14 bits per heavy atom. The average molecular weight is 301 g/mol. The highest BCUT2D eigenvalue weighted by Gasteiger charge is 2.43. The predicted octanol–water partition coefficient (Wildman–Crippen LogP) is 1.95. The molecule has 21 heavy (non-hydrogen) atoms. The van der Waals surface area contributed by atoms with Gasteiger partial charge in [0, 0.05) is 33.0 Å². The van der Waals surface area contributed by atoms with Gasteiger partial charge in [0.05, 0.1) is 11.6 Å². The molecule has 2 fully saturated rings. The van der Waals surface area contributed by atoms with E-state index in [2.05, 4.69) is 5.32 Å². The van der Waals surface area contributed by atoms with Gasteiger partial charge in [0.2, 0.25) is 0 Å². The molecule has 0 aromatic heterocycles. The molecule has 2 heterocycles. The molecule has 0 amide bonds. The summed E-state index contributed by atoms with van der Waals surface area (Å²) < 4.78 is 23.3. The van der Waals surface area contributed by atoms with E-state index >= 15 is 0 Å². The molecule has 2 aliphatic rings. The van der Waals surface area contributed by atoms with Crippen molar-refractivity contribution in [1.29, 1.82) is 0 Å². The van der Waals surface area contributed by atoms with Crippen LogP contribution in [0.1, 0.15) is 39.5 Å². The molecule has 0 aromatic rings. The van der Waals surface area contributed by atoms with Crippen LogP contribution >= 0.6 is 0 Å². The molecule has 5 nitrogen and oxygen atoms in total. The van der Waals surface area contributed by atoms with E-state index in [4.69, 9.17) is 18.9 Å². The normalized spacial score (nSPS) is 27.1. The molecule has 124 valence electrons. The average Bonchev–Trinajstić information content (AvgIpc) is 2.49. The Balaban J connectivity index is 2.02. The Hall–Kier alpha value is -0.200. The van der Waals surface area contributed by atoms with Gasteiger partial charge in [0.15, 0.2) is 6.29 Å². The first kappa shape index (κ1) is 17.2. The van der Waals surface area contributed by atoms with Crippen molar-refractivity contribution < 1.29 is 18.9 Å².